The van der Waals surface area contributed by atoms with E-state index in [4.69, 9.17) is 0 Å². The zero-order valence-electron chi connectivity index (χ0n) is 19.0. The number of hydrogen-bond donors (Lipinski definition) is 2. The van der Waals surface area contributed by atoms with Gasteiger partial charge in [-0.25, -0.2) is 0 Å². The van der Waals surface area contributed by atoms with Gasteiger partial charge in [0.1, 0.15) is 5.92 Å². The van der Waals surface area contributed by atoms with Gasteiger partial charge in [-0.2, -0.15) is 0 Å². The number of carbonyl (C=O) groups is 4. The van der Waals surface area contributed by atoms with Crippen LogP contribution in [-0.4, -0.2) is 36.1 Å². The Morgan fingerprint density at radius 3 is 2.45 bits per heavy atom. The van der Waals surface area contributed by atoms with Crippen molar-refractivity contribution in [1.29, 1.82) is 0 Å². The average Bonchev–Trinajstić information content (AvgIpc) is 3.10. The Morgan fingerprint density at radius 2 is 1.76 bits per heavy atom. The number of ketones is 1. The maximum atomic E-state index is 13.2. The Bertz CT molecular complexity index is 1100. The van der Waals surface area contributed by atoms with Crippen molar-refractivity contribution in [2.24, 2.45) is 0 Å². The minimum absolute atomic E-state index is 0.129. The summed E-state index contributed by atoms with van der Waals surface area (Å²) in [4.78, 5) is 52.3. The molecule has 1 heterocycles. The second kappa shape index (κ2) is 9.57. The predicted octanol–water partition coefficient (Wildman–Crippen LogP) is 4.04. The van der Waals surface area contributed by atoms with Crippen LogP contribution in [0.3, 0.4) is 0 Å². The quantitative estimate of drug-likeness (QED) is 0.516. The van der Waals surface area contributed by atoms with E-state index in [-0.39, 0.29) is 23.6 Å². The molecular formula is C26H29N3O4. The van der Waals surface area contributed by atoms with Crippen molar-refractivity contribution < 1.29 is 19.2 Å². The molecular weight excluding hydrogens is 418 g/mol. The van der Waals surface area contributed by atoms with E-state index < -0.39 is 11.8 Å². The molecule has 2 aliphatic rings. The van der Waals surface area contributed by atoms with Gasteiger partial charge in [0.15, 0.2) is 5.78 Å². The molecule has 7 nitrogen and oxygen atoms in total. The first-order valence-electron chi connectivity index (χ1n) is 11.6. The number of Topliss-reactive ketones (excluding diaryl/α,β-unsaturated/α-hetero) is 1. The Balaban J connectivity index is 1.53. The highest BCUT2D eigenvalue weighted by Gasteiger charge is 2.41. The van der Waals surface area contributed by atoms with E-state index in [1.807, 2.05) is 6.92 Å². The van der Waals surface area contributed by atoms with Crippen molar-refractivity contribution in [2.75, 3.05) is 16.8 Å². The molecule has 0 saturated heterocycles. The molecule has 1 aliphatic heterocycles. The molecule has 0 bridgehead atoms. The van der Waals surface area contributed by atoms with E-state index in [2.05, 4.69) is 10.6 Å². The van der Waals surface area contributed by atoms with E-state index in [9.17, 15) is 19.2 Å². The summed E-state index contributed by atoms with van der Waals surface area (Å²) in [6.45, 7) is 3.72. The van der Waals surface area contributed by atoms with Crippen LogP contribution in [0.5, 0.6) is 0 Å². The van der Waals surface area contributed by atoms with Crippen LogP contribution in [0, 0.1) is 0 Å². The summed E-state index contributed by atoms with van der Waals surface area (Å²) in [5, 5.41) is 5.87. The van der Waals surface area contributed by atoms with Gasteiger partial charge >= 0.3 is 0 Å². The van der Waals surface area contributed by atoms with Crippen molar-refractivity contribution >= 4 is 34.9 Å². The fourth-order valence-electron chi connectivity index (χ4n) is 4.71. The van der Waals surface area contributed by atoms with Crippen LogP contribution >= 0.6 is 0 Å². The maximum Gasteiger partial charge on any atom is 0.251 e. The normalized spacial score (nSPS) is 18.1. The molecule has 1 unspecified atom stereocenters. The third-order valence-electron chi connectivity index (χ3n) is 6.46. The fraction of sp³-hybridized carbons (Fsp3) is 0.385. The van der Waals surface area contributed by atoms with Crippen LogP contribution in [0.1, 0.15) is 78.1 Å². The number of likely N-dealkylation sites (N-methyl/N-ethyl adjacent to an activating group) is 1. The lowest BCUT2D eigenvalue weighted by Gasteiger charge is -2.22. The van der Waals surface area contributed by atoms with E-state index in [0.29, 0.717) is 34.6 Å². The highest BCUT2D eigenvalue weighted by Crippen LogP contribution is 2.38. The largest absolute Gasteiger partial charge is 0.349 e. The standard InChI is InChI=1S/C26H29N3O4/c1-3-29-22-13-12-17(16(2)30)15-21(22)23(26(29)33)25(32)28-20-11-7-8-18(14-20)24(31)27-19-9-5-4-6-10-19/h7-8,11-15,19,23H,3-6,9-10H2,1-2H3,(H,27,31)(H,28,32). The van der Waals surface area contributed by atoms with Crippen LogP contribution in [0.2, 0.25) is 0 Å². The van der Waals surface area contributed by atoms with Gasteiger partial charge in [-0.05, 0) is 68.7 Å². The highest BCUT2D eigenvalue weighted by atomic mass is 16.2. The predicted molar refractivity (Wildman–Crippen MR) is 127 cm³/mol. The molecule has 33 heavy (non-hydrogen) atoms. The number of nitrogens with one attached hydrogen (secondary N) is 2. The number of hydrogen-bond acceptors (Lipinski definition) is 4. The summed E-state index contributed by atoms with van der Waals surface area (Å²) in [5.74, 6) is -2.14. The van der Waals surface area contributed by atoms with Gasteiger partial charge in [-0.15, -0.1) is 0 Å². The third kappa shape index (κ3) is 4.67. The molecule has 1 atom stereocenters. The Hall–Kier alpha value is -3.48. The van der Waals surface area contributed by atoms with Gasteiger partial charge in [0.05, 0.1) is 0 Å². The van der Waals surface area contributed by atoms with E-state index in [0.717, 1.165) is 25.7 Å². The van der Waals surface area contributed by atoms with Crippen molar-refractivity contribution in [1.82, 2.24) is 5.32 Å². The smallest absolute Gasteiger partial charge is 0.251 e. The lowest BCUT2D eigenvalue weighted by molar-refractivity contribution is -0.126. The monoisotopic (exact) mass is 447 g/mol. The SMILES string of the molecule is CCN1C(=O)C(C(=O)Nc2cccc(C(=O)NC3CCCCC3)c2)c2cc(C(C)=O)ccc21. The summed E-state index contributed by atoms with van der Waals surface area (Å²) < 4.78 is 0. The molecule has 2 aromatic rings. The molecule has 7 heteroatoms. The van der Waals surface area contributed by atoms with Crippen LogP contribution in [0.25, 0.3) is 0 Å². The Labute approximate surface area is 193 Å². The van der Waals surface area contributed by atoms with E-state index in [1.165, 1.54) is 13.3 Å². The molecule has 172 valence electrons. The highest BCUT2D eigenvalue weighted by molar-refractivity contribution is 6.20. The minimum atomic E-state index is -1.04. The maximum absolute atomic E-state index is 13.2. The van der Waals surface area contributed by atoms with Gasteiger partial charge in [0, 0.05) is 35.1 Å². The summed E-state index contributed by atoms with van der Waals surface area (Å²) in [6, 6.07) is 11.9. The molecule has 1 fully saturated rings. The molecule has 0 aromatic heterocycles. The lowest BCUT2D eigenvalue weighted by atomic mass is 9.95. The van der Waals surface area contributed by atoms with Crippen molar-refractivity contribution in [3.63, 3.8) is 0 Å². The second-order valence-electron chi connectivity index (χ2n) is 8.72. The summed E-state index contributed by atoms with van der Waals surface area (Å²) in [5.41, 5.74) is 2.54. The second-order valence-corrected chi connectivity index (χ2v) is 8.72. The number of benzene rings is 2. The summed E-state index contributed by atoms with van der Waals surface area (Å²) in [7, 11) is 0. The van der Waals surface area contributed by atoms with Gasteiger partial charge in [0.25, 0.3) is 5.91 Å². The molecule has 0 radical (unpaired) electrons. The summed E-state index contributed by atoms with van der Waals surface area (Å²) in [6.07, 6.45) is 5.43. The third-order valence-corrected chi connectivity index (χ3v) is 6.46. The van der Waals surface area contributed by atoms with Gasteiger partial charge in [0.2, 0.25) is 11.8 Å². The topological polar surface area (TPSA) is 95.6 Å². The molecule has 4 rings (SSSR count). The fourth-order valence-corrected chi connectivity index (χ4v) is 4.71. The van der Waals surface area contributed by atoms with Crippen molar-refractivity contribution in [3.8, 4) is 0 Å². The zero-order chi connectivity index (χ0) is 23.5. The molecule has 1 aliphatic carbocycles. The number of nitrogens with zero attached hydrogens (tertiary/aromatic N) is 1. The van der Waals surface area contributed by atoms with Crippen molar-refractivity contribution in [2.45, 2.75) is 57.9 Å². The number of fused-ring (bicyclic) bond motifs is 1. The molecule has 2 aromatic carbocycles. The first-order valence-corrected chi connectivity index (χ1v) is 11.6. The molecule has 0 spiro atoms. The van der Waals surface area contributed by atoms with Crippen LogP contribution in [-0.2, 0) is 9.59 Å². The van der Waals surface area contributed by atoms with Crippen molar-refractivity contribution in [3.05, 3.63) is 59.2 Å². The summed E-state index contributed by atoms with van der Waals surface area (Å²) >= 11 is 0. The van der Waals surface area contributed by atoms with Gasteiger partial charge in [-0.1, -0.05) is 25.3 Å². The number of amides is 3. The van der Waals surface area contributed by atoms with Crippen LogP contribution in [0.15, 0.2) is 42.5 Å². The first kappa shape index (κ1) is 22.7. The number of anilines is 2. The van der Waals surface area contributed by atoms with E-state index in [1.54, 1.807) is 47.4 Å². The molecule has 1 saturated carbocycles. The van der Waals surface area contributed by atoms with Crippen LogP contribution < -0.4 is 15.5 Å². The zero-order valence-corrected chi connectivity index (χ0v) is 19.0. The molecule has 2 N–H and O–H groups in total. The van der Waals surface area contributed by atoms with E-state index >= 15 is 0 Å². The Kier molecular flexibility index (Phi) is 6.58. The first-order chi connectivity index (χ1) is 15.9. The van der Waals surface area contributed by atoms with Gasteiger partial charge < -0.3 is 15.5 Å². The molecule has 3 amide bonds. The minimum Gasteiger partial charge on any atom is -0.349 e. The van der Waals surface area contributed by atoms with Gasteiger partial charge in [-0.3, -0.25) is 19.2 Å². The lowest BCUT2D eigenvalue weighted by Crippen LogP contribution is -2.36. The number of carbonyl (C=O) groups excluding carboxylic acids is 4. The average molecular weight is 448 g/mol. The van der Waals surface area contributed by atoms with Crippen LogP contribution in [0.4, 0.5) is 11.4 Å². The number of rotatable bonds is 6. The Morgan fingerprint density at radius 1 is 1.00 bits per heavy atom.